The van der Waals surface area contributed by atoms with E-state index in [1.54, 1.807) is 6.92 Å². The second-order valence-corrected chi connectivity index (χ2v) is 5.89. The summed E-state index contributed by atoms with van der Waals surface area (Å²) in [7, 11) is 0. The Balaban J connectivity index is 2.55. The predicted molar refractivity (Wildman–Crippen MR) is 75.3 cm³/mol. The van der Waals surface area contributed by atoms with Crippen molar-refractivity contribution >= 4 is 5.97 Å². The quantitative estimate of drug-likeness (QED) is 0.816. The molecule has 1 aliphatic heterocycles. The standard InChI is InChI=1S/C14H19FN2O5/c1-7-6-17(12(20)16-10(7)19)11-13(4,15)14(5,8(2)21-11)22-9(3)18/h6,8,11H,1-5H3,(H,16,19,20)/t8-,11-,13+,14-/m1/s1. The molecule has 1 aromatic heterocycles. The highest BCUT2D eigenvalue weighted by atomic mass is 19.1. The Morgan fingerprint density at radius 1 is 1.45 bits per heavy atom. The number of H-pyrrole nitrogens is 1. The molecule has 0 aliphatic carbocycles. The summed E-state index contributed by atoms with van der Waals surface area (Å²) in [5, 5.41) is 0. The summed E-state index contributed by atoms with van der Waals surface area (Å²) in [6.07, 6.45) is -0.874. The van der Waals surface area contributed by atoms with Crippen LogP contribution in [0.3, 0.4) is 0 Å². The number of ether oxygens (including phenoxy) is 2. The van der Waals surface area contributed by atoms with Crippen molar-refractivity contribution in [1.82, 2.24) is 9.55 Å². The zero-order valence-corrected chi connectivity index (χ0v) is 13.1. The number of aryl methyl sites for hydroxylation is 1. The maximum atomic E-state index is 15.4. The number of carbonyl (C=O) groups excluding carboxylic acids is 1. The van der Waals surface area contributed by atoms with Gasteiger partial charge in [0.05, 0.1) is 0 Å². The van der Waals surface area contributed by atoms with E-state index in [0.29, 0.717) is 0 Å². The van der Waals surface area contributed by atoms with Crippen LogP contribution in [0.15, 0.2) is 15.8 Å². The fourth-order valence-electron chi connectivity index (χ4n) is 2.66. The molecule has 1 N–H and O–H groups in total. The fourth-order valence-corrected chi connectivity index (χ4v) is 2.66. The lowest BCUT2D eigenvalue weighted by Gasteiger charge is -2.36. The summed E-state index contributed by atoms with van der Waals surface area (Å²) in [5.74, 6) is -0.646. The first-order valence-electron chi connectivity index (χ1n) is 6.86. The second-order valence-electron chi connectivity index (χ2n) is 5.89. The summed E-state index contributed by atoms with van der Waals surface area (Å²) in [4.78, 5) is 36.8. The molecule has 0 bridgehead atoms. The minimum absolute atomic E-state index is 0.243. The predicted octanol–water partition coefficient (Wildman–Crippen LogP) is 0.812. The lowest BCUT2D eigenvalue weighted by Crippen LogP contribution is -2.54. The molecule has 0 amide bonds. The molecular formula is C14H19FN2O5. The molecule has 0 spiro atoms. The lowest BCUT2D eigenvalue weighted by molar-refractivity contribution is -0.172. The molecule has 1 saturated heterocycles. The van der Waals surface area contributed by atoms with Gasteiger partial charge in [-0.15, -0.1) is 0 Å². The van der Waals surface area contributed by atoms with Crippen LogP contribution in [0.4, 0.5) is 4.39 Å². The van der Waals surface area contributed by atoms with Gasteiger partial charge in [-0.2, -0.15) is 0 Å². The van der Waals surface area contributed by atoms with E-state index >= 15 is 4.39 Å². The summed E-state index contributed by atoms with van der Waals surface area (Å²) >= 11 is 0. The van der Waals surface area contributed by atoms with Crippen molar-refractivity contribution < 1.29 is 18.7 Å². The molecule has 0 radical (unpaired) electrons. The number of aromatic nitrogens is 2. The number of esters is 1. The van der Waals surface area contributed by atoms with Crippen molar-refractivity contribution in [1.29, 1.82) is 0 Å². The SMILES string of the molecule is CC(=O)O[C@]1(C)[C@@H](C)O[C@@H](n2cc(C)c(=O)[nH]c2=O)[C@]1(C)F. The zero-order valence-electron chi connectivity index (χ0n) is 13.1. The van der Waals surface area contributed by atoms with E-state index in [1.807, 2.05) is 0 Å². The average Bonchev–Trinajstić information content (AvgIpc) is 2.54. The van der Waals surface area contributed by atoms with Gasteiger partial charge in [-0.1, -0.05) is 0 Å². The Hall–Kier alpha value is -1.96. The van der Waals surface area contributed by atoms with E-state index in [1.165, 1.54) is 33.9 Å². The molecule has 0 unspecified atom stereocenters. The number of hydrogen-bond acceptors (Lipinski definition) is 5. The molecule has 22 heavy (non-hydrogen) atoms. The summed E-state index contributed by atoms with van der Waals surface area (Å²) in [6, 6.07) is 0. The largest absolute Gasteiger partial charge is 0.453 e. The van der Waals surface area contributed by atoms with Crippen molar-refractivity contribution in [3.8, 4) is 0 Å². The topological polar surface area (TPSA) is 90.4 Å². The number of alkyl halides is 1. The highest BCUT2D eigenvalue weighted by molar-refractivity contribution is 5.67. The minimum Gasteiger partial charge on any atom is -0.453 e. The van der Waals surface area contributed by atoms with Gasteiger partial charge in [0.25, 0.3) is 5.56 Å². The highest BCUT2D eigenvalue weighted by Crippen LogP contribution is 2.49. The number of nitrogens with one attached hydrogen (secondary N) is 1. The number of aromatic amines is 1. The smallest absolute Gasteiger partial charge is 0.330 e. The maximum Gasteiger partial charge on any atom is 0.330 e. The molecule has 1 aliphatic rings. The highest BCUT2D eigenvalue weighted by Gasteiger charge is 2.65. The molecule has 1 aromatic rings. The van der Waals surface area contributed by atoms with E-state index in [0.717, 1.165) is 4.57 Å². The van der Waals surface area contributed by atoms with Crippen molar-refractivity contribution in [2.45, 2.75) is 58.2 Å². The maximum absolute atomic E-state index is 15.4. The van der Waals surface area contributed by atoms with Crippen molar-refractivity contribution in [3.63, 3.8) is 0 Å². The minimum atomic E-state index is -2.17. The Morgan fingerprint density at radius 2 is 2.05 bits per heavy atom. The third-order valence-electron chi connectivity index (χ3n) is 4.30. The van der Waals surface area contributed by atoms with E-state index in [-0.39, 0.29) is 5.56 Å². The zero-order chi connectivity index (χ0) is 16.9. The molecule has 1 fully saturated rings. The fraction of sp³-hybridized carbons (Fsp3) is 0.643. The molecule has 122 valence electrons. The van der Waals surface area contributed by atoms with Gasteiger partial charge >= 0.3 is 11.7 Å². The van der Waals surface area contributed by atoms with E-state index in [9.17, 15) is 14.4 Å². The van der Waals surface area contributed by atoms with Crippen LogP contribution in [0.2, 0.25) is 0 Å². The van der Waals surface area contributed by atoms with E-state index < -0.39 is 40.8 Å². The number of carbonyl (C=O) groups is 1. The molecule has 2 heterocycles. The van der Waals surface area contributed by atoms with Gasteiger partial charge in [0.15, 0.2) is 17.5 Å². The van der Waals surface area contributed by atoms with Gasteiger partial charge < -0.3 is 9.47 Å². The van der Waals surface area contributed by atoms with Gasteiger partial charge in [0.2, 0.25) is 0 Å². The van der Waals surface area contributed by atoms with Gasteiger partial charge in [-0.05, 0) is 27.7 Å². The first kappa shape index (κ1) is 16.4. The monoisotopic (exact) mass is 314 g/mol. The van der Waals surface area contributed by atoms with Crippen LogP contribution >= 0.6 is 0 Å². The number of rotatable bonds is 2. The third-order valence-corrected chi connectivity index (χ3v) is 4.30. The van der Waals surface area contributed by atoms with Crippen molar-refractivity contribution in [3.05, 3.63) is 32.6 Å². The lowest BCUT2D eigenvalue weighted by atomic mass is 9.84. The molecule has 4 atom stereocenters. The molecule has 0 saturated carbocycles. The second kappa shape index (κ2) is 5.05. The summed E-state index contributed by atoms with van der Waals surface area (Å²) < 4.78 is 27.0. The van der Waals surface area contributed by atoms with Crippen LogP contribution in [0.25, 0.3) is 0 Å². The Bertz CT molecular complexity index is 723. The number of nitrogens with zero attached hydrogens (tertiary/aromatic N) is 1. The van der Waals surface area contributed by atoms with Gasteiger partial charge in [0, 0.05) is 18.7 Å². The molecule has 0 aromatic carbocycles. The number of halogens is 1. The average molecular weight is 314 g/mol. The van der Waals surface area contributed by atoms with Crippen LogP contribution in [-0.2, 0) is 14.3 Å². The van der Waals surface area contributed by atoms with E-state index in [4.69, 9.17) is 9.47 Å². The van der Waals surface area contributed by atoms with Crippen LogP contribution < -0.4 is 11.2 Å². The molecule has 7 nitrogen and oxygen atoms in total. The first-order chi connectivity index (χ1) is 10.0. The van der Waals surface area contributed by atoms with Crippen LogP contribution in [0, 0.1) is 6.92 Å². The van der Waals surface area contributed by atoms with Crippen molar-refractivity contribution in [2.24, 2.45) is 0 Å². The van der Waals surface area contributed by atoms with Crippen LogP contribution in [0.5, 0.6) is 0 Å². The van der Waals surface area contributed by atoms with Crippen LogP contribution in [0.1, 0.15) is 39.5 Å². The first-order valence-corrected chi connectivity index (χ1v) is 6.86. The third kappa shape index (κ3) is 2.27. The van der Waals surface area contributed by atoms with E-state index in [2.05, 4.69) is 4.98 Å². The van der Waals surface area contributed by atoms with Gasteiger partial charge in [0.1, 0.15) is 6.10 Å². The Kier molecular flexibility index (Phi) is 3.76. The van der Waals surface area contributed by atoms with Gasteiger partial charge in [-0.3, -0.25) is 19.1 Å². The van der Waals surface area contributed by atoms with Crippen LogP contribution in [-0.4, -0.2) is 32.9 Å². The molecular weight excluding hydrogens is 295 g/mol. The Morgan fingerprint density at radius 3 is 2.59 bits per heavy atom. The molecule has 2 rings (SSSR count). The Labute approximate surface area is 126 Å². The summed E-state index contributed by atoms with van der Waals surface area (Å²) in [6.45, 7) is 6.86. The van der Waals surface area contributed by atoms with Gasteiger partial charge in [-0.25, -0.2) is 9.18 Å². The van der Waals surface area contributed by atoms with Crippen molar-refractivity contribution in [2.75, 3.05) is 0 Å². The number of hydrogen-bond donors (Lipinski definition) is 1. The summed E-state index contributed by atoms with van der Waals surface area (Å²) in [5.41, 5.74) is -4.83. The molecule has 8 heteroatoms. The normalized spacial score (nSPS) is 34.6.